The molecule has 1 aromatic carbocycles. The highest BCUT2D eigenvalue weighted by molar-refractivity contribution is 7.21. The number of benzene rings is 1. The summed E-state index contributed by atoms with van der Waals surface area (Å²) in [7, 11) is 1.42. The number of fused-ring (bicyclic) bond motifs is 1. The highest BCUT2D eigenvalue weighted by atomic mass is 32.1. The first-order valence-corrected chi connectivity index (χ1v) is 15.3. The fourth-order valence-electron chi connectivity index (χ4n) is 5.68. The van der Waals surface area contributed by atoms with Gasteiger partial charge in [-0.25, -0.2) is 14.2 Å². The molecule has 3 aromatic heterocycles. The van der Waals surface area contributed by atoms with E-state index in [2.05, 4.69) is 27.5 Å². The van der Waals surface area contributed by atoms with Crippen LogP contribution in [0.2, 0.25) is 0 Å². The second-order valence-electron chi connectivity index (χ2n) is 10.8. The lowest BCUT2D eigenvalue weighted by atomic mass is 10.0. The molecule has 10 heteroatoms. The van der Waals surface area contributed by atoms with Crippen LogP contribution in [-0.4, -0.2) is 53.3 Å². The molecule has 0 bridgehead atoms. The van der Waals surface area contributed by atoms with Gasteiger partial charge in [0.25, 0.3) is 0 Å². The summed E-state index contributed by atoms with van der Waals surface area (Å²) >= 11 is 1.51. The number of pyridine rings is 1. The number of methoxy groups -OCH3 is 1. The molecule has 6 rings (SSSR count). The molecule has 0 N–H and O–H groups in total. The Kier molecular flexibility index (Phi) is 8.56. The van der Waals surface area contributed by atoms with Gasteiger partial charge in [0.1, 0.15) is 17.3 Å². The molecule has 8 nitrogen and oxygen atoms in total. The molecule has 222 valence electrons. The first kappa shape index (κ1) is 29.1. The zero-order valence-electron chi connectivity index (χ0n) is 24.3. The Morgan fingerprint density at radius 1 is 1.28 bits per heavy atom. The molecule has 5 heterocycles. The molecule has 1 atom stereocenters. The Hall–Kier alpha value is -4.04. The van der Waals surface area contributed by atoms with Crippen LogP contribution in [0.4, 0.5) is 4.39 Å². The van der Waals surface area contributed by atoms with Gasteiger partial charge in [-0.05, 0) is 54.7 Å². The molecule has 1 fully saturated rings. The quantitative estimate of drug-likeness (QED) is 0.203. The van der Waals surface area contributed by atoms with E-state index in [0.717, 1.165) is 73.5 Å². The molecule has 4 aromatic rings. The predicted octanol–water partition coefficient (Wildman–Crippen LogP) is 6.11. The molecule has 2 aliphatic rings. The number of rotatable bonds is 10. The van der Waals surface area contributed by atoms with E-state index in [-0.39, 0.29) is 24.2 Å². The molecule has 1 saturated heterocycles. The number of aromatic nitrogens is 2. The Labute approximate surface area is 253 Å². The first-order chi connectivity index (χ1) is 21.0. The van der Waals surface area contributed by atoms with Gasteiger partial charge in [-0.2, -0.15) is 5.26 Å². The Balaban J connectivity index is 1.17. The second-order valence-corrected chi connectivity index (χ2v) is 11.8. The number of esters is 1. The van der Waals surface area contributed by atoms with E-state index in [1.807, 2.05) is 24.3 Å². The maximum Gasteiger partial charge on any atom is 0.348 e. The van der Waals surface area contributed by atoms with Crippen LogP contribution in [0.25, 0.3) is 15.8 Å². The summed E-state index contributed by atoms with van der Waals surface area (Å²) in [6.07, 6.45) is 5.19. The maximum absolute atomic E-state index is 14.3. The largest absolute Gasteiger partial charge is 0.473 e. The van der Waals surface area contributed by atoms with Crippen molar-refractivity contribution in [3.05, 3.63) is 87.3 Å². The number of carbonyl (C=O) groups is 1. The first-order valence-electron chi connectivity index (χ1n) is 14.5. The number of carbonyl (C=O) groups excluding carboxylic acids is 1. The van der Waals surface area contributed by atoms with Crippen molar-refractivity contribution in [2.75, 3.05) is 26.8 Å². The Bertz CT molecular complexity index is 1730. The fraction of sp³-hybridized carbons (Fsp3) is 0.364. The number of halogens is 1. The van der Waals surface area contributed by atoms with Crippen molar-refractivity contribution in [1.29, 1.82) is 5.26 Å². The van der Waals surface area contributed by atoms with E-state index in [4.69, 9.17) is 19.5 Å². The van der Waals surface area contributed by atoms with Gasteiger partial charge in [-0.15, -0.1) is 11.3 Å². The minimum atomic E-state index is -0.466. The van der Waals surface area contributed by atoms with Crippen LogP contribution in [0, 0.1) is 17.1 Å². The van der Waals surface area contributed by atoms with Crippen molar-refractivity contribution in [3.63, 3.8) is 0 Å². The average Bonchev–Trinajstić information content (AvgIpc) is 3.55. The summed E-state index contributed by atoms with van der Waals surface area (Å²) < 4.78 is 34.4. The van der Waals surface area contributed by atoms with Crippen molar-refractivity contribution < 1.29 is 23.4 Å². The summed E-state index contributed by atoms with van der Waals surface area (Å²) in [4.78, 5) is 20.0. The molecule has 0 saturated carbocycles. The van der Waals surface area contributed by atoms with E-state index in [1.54, 1.807) is 18.2 Å². The summed E-state index contributed by atoms with van der Waals surface area (Å²) in [5.74, 6) is -0.333. The lowest BCUT2D eigenvalue weighted by molar-refractivity contribution is -0.0590. The van der Waals surface area contributed by atoms with Crippen molar-refractivity contribution in [2.24, 2.45) is 0 Å². The molecule has 2 aliphatic heterocycles. The van der Waals surface area contributed by atoms with E-state index in [0.29, 0.717) is 16.3 Å². The van der Waals surface area contributed by atoms with Gasteiger partial charge in [0.15, 0.2) is 0 Å². The van der Waals surface area contributed by atoms with Gasteiger partial charge in [0.05, 0.1) is 40.8 Å². The number of hydrogen-bond acceptors (Lipinski definition) is 8. The van der Waals surface area contributed by atoms with Gasteiger partial charge >= 0.3 is 5.97 Å². The van der Waals surface area contributed by atoms with Crippen LogP contribution >= 0.6 is 11.3 Å². The number of hydrogen-bond donors (Lipinski definition) is 0. The van der Waals surface area contributed by atoms with E-state index in [1.165, 1.54) is 35.8 Å². The highest BCUT2D eigenvalue weighted by Crippen LogP contribution is 2.37. The number of nitriles is 1. The highest BCUT2D eigenvalue weighted by Gasteiger charge is 2.27. The molecule has 0 aliphatic carbocycles. The molecule has 0 unspecified atom stereocenters. The van der Waals surface area contributed by atoms with Crippen LogP contribution in [-0.2, 0) is 35.6 Å². The fourth-order valence-corrected chi connectivity index (χ4v) is 6.90. The van der Waals surface area contributed by atoms with Crippen LogP contribution in [0.1, 0.15) is 57.5 Å². The number of ether oxygens (including phenoxy) is 3. The predicted molar refractivity (Wildman–Crippen MR) is 162 cm³/mol. The standard InChI is InChI=1S/C33H33FN4O4S/c1-3-25-29(38(18-24-11-14-41-24)28-16-30(33(39)40-2)43-32(25)28)19-37-12-9-22(10-13-37)27-5-4-6-31(36-27)42-20-23-8-7-21(17-35)15-26(23)34/h4-9,15-16,24H,3,10-14,18-20H2,1-2H3/t24-/m0/s1. The molecule has 0 radical (unpaired) electrons. The maximum atomic E-state index is 14.3. The lowest BCUT2D eigenvalue weighted by Crippen LogP contribution is -2.33. The molecule has 43 heavy (non-hydrogen) atoms. The van der Waals surface area contributed by atoms with E-state index >= 15 is 0 Å². The van der Waals surface area contributed by atoms with Gasteiger partial charge < -0.3 is 18.8 Å². The van der Waals surface area contributed by atoms with Crippen LogP contribution in [0.3, 0.4) is 0 Å². The lowest BCUT2D eigenvalue weighted by Gasteiger charge is -2.30. The van der Waals surface area contributed by atoms with Crippen LogP contribution < -0.4 is 4.74 Å². The van der Waals surface area contributed by atoms with E-state index < -0.39 is 5.82 Å². The summed E-state index contributed by atoms with van der Waals surface area (Å²) in [6.45, 7) is 6.25. The third kappa shape index (κ3) is 6.07. The summed E-state index contributed by atoms with van der Waals surface area (Å²) in [5, 5.41) is 8.95. The SMILES string of the molecule is CCc1c(CN2CC=C(c3cccc(OCc4ccc(C#N)cc4F)n3)CC2)n(C[C@@H]2CCO2)c2cc(C(=O)OC)sc12. The minimum absolute atomic E-state index is 0.0324. The van der Waals surface area contributed by atoms with Crippen molar-refractivity contribution in [2.45, 2.75) is 52.0 Å². The third-order valence-electron chi connectivity index (χ3n) is 8.15. The smallest absolute Gasteiger partial charge is 0.348 e. The van der Waals surface area contributed by atoms with E-state index in [9.17, 15) is 9.18 Å². The summed E-state index contributed by atoms with van der Waals surface area (Å²) in [5.41, 5.74) is 6.32. The number of nitrogens with zero attached hydrogens (tertiary/aromatic N) is 4. The van der Waals surface area contributed by atoms with Gasteiger partial charge in [-0.3, -0.25) is 4.90 Å². The Morgan fingerprint density at radius 2 is 2.14 bits per heavy atom. The monoisotopic (exact) mass is 600 g/mol. The molecular formula is C33H33FN4O4S. The average molecular weight is 601 g/mol. The van der Waals surface area contributed by atoms with Gasteiger partial charge in [-0.1, -0.05) is 25.1 Å². The van der Waals surface area contributed by atoms with Crippen molar-refractivity contribution >= 4 is 33.1 Å². The molecular weight excluding hydrogens is 567 g/mol. The minimum Gasteiger partial charge on any atom is -0.473 e. The van der Waals surface area contributed by atoms with Crippen LogP contribution in [0.15, 0.2) is 48.5 Å². The normalized spacial score (nSPS) is 16.9. The van der Waals surface area contributed by atoms with Gasteiger partial charge in [0.2, 0.25) is 5.88 Å². The number of aryl methyl sites for hydroxylation is 1. The zero-order valence-corrected chi connectivity index (χ0v) is 25.1. The topological polar surface area (TPSA) is 89.6 Å². The van der Waals surface area contributed by atoms with Gasteiger partial charge in [0, 0.05) is 50.1 Å². The second kappa shape index (κ2) is 12.7. The van der Waals surface area contributed by atoms with Crippen molar-refractivity contribution in [3.8, 4) is 11.9 Å². The summed E-state index contributed by atoms with van der Waals surface area (Å²) in [6, 6.07) is 13.9. The Morgan fingerprint density at radius 3 is 2.81 bits per heavy atom. The number of thiophene rings is 1. The zero-order chi connectivity index (χ0) is 29.9. The van der Waals surface area contributed by atoms with Crippen molar-refractivity contribution in [1.82, 2.24) is 14.5 Å². The molecule has 0 spiro atoms. The third-order valence-corrected chi connectivity index (χ3v) is 9.31. The molecule has 0 amide bonds. The van der Waals surface area contributed by atoms with Crippen LogP contribution in [0.5, 0.6) is 5.88 Å².